The average molecular weight is 215 g/mol. The first kappa shape index (κ1) is 10.1. The molecule has 1 heterocycles. The maximum absolute atomic E-state index is 10.4. The fourth-order valence-corrected chi connectivity index (χ4v) is 1.25. The standard InChI is InChI=1S/C11H9N3O2/c15-11(16)14-9-6-12-10(13-7-9)8-4-2-1-3-5-8/h1-7,14H,(H,15,16). The Morgan fingerprint density at radius 1 is 1.12 bits per heavy atom. The molecule has 0 saturated carbocycles. The van der Waals surface area contributed by atoms with Gasteiger partial charge in [-0.2, -0.15) is 0 Å². The van der Waals surface area contributed by atoms with E-state index < -0.39 is 6.09 Å². The largest absolute Gasteiger partial charge is 0.465 e. The van der Waals surface area contributed by atoms with Gasteiger partial charge in [-0.3, -0.25) is 5.32 Å². The molecule has 0 fully saturated rings. The molecule has 0 aliphatic heterocycles. The number of carboxylic acid groups (broad SMARTS) is 1. The Kier molecular flexibility index (Phi) is 2.77. The SMILES string of the molecule is O=C(O)Nc1cnc(-c2ccccc2)nc1. The molecule has 0 radical (unpaired) electrons. The predicted molar refractivity (Wildman–Crippen MR) is 59.1 cm³/mol. The fraction of sp³-hybridized carbons (Fsp3) is 0. The molecule has 1 aromatic carbocycles. The molecule has 5 nitrogen and oxygen atoms in total. The molecule has 1 aromatic heterocycles. The Labute approximate surface area is 91.8 Å². The summed E-state index contributed by atoms with van der Waals surface area (Å²) in [5, 5.41) is 10.7. The normalized spacial score (nSPS) is 9.75. The molecular weight excluding hydrogens is 206 g/mol. The van der Waals surface area contributed by atoms with Crippen molar-refractivity contribution in [2.45, 2.75) is 0 Å². The van der Waals surface area contributed by atoms with Crippen LogP contribution in [0.1, 0.15) is 0 Å². The van der Waals surface area contributed by atoms with Crippen LogP contribution in [0.5, 0.6) is 0 Å². The van der Waals surface area contributed by atoms with Gasteiger partial charge in [0.05, 0.1) is 18.1 Å². The molecule has 0 saturated heterocycles. The molecule has 80 valence electrons. The van der Waals surface area contributed by atoms with Crippen LogP contribution in [0.4, 0.5) is 10.5 Å². The zero-order chi connectivity index (χ0) is 11.4. The van der Waals surface area contributed by atoms with E-state index in [4.69, 9.17) is 5.11 Å². The molecular formula is C11H9N3O2. The van der Waals surface area contributed by atoms with Crippen molar-refractivity contribution in [2.24, 2.45) is 0 Å². The first-order valence-electron chi connectivity index (χ1n) is 4.63. The number of amides is 1. The summed E-state index contributed by atoms with van der Waals surface area (Å²) in [5.41, 5.74) is 1.25. The lowest BCUT2D eigenvalue weighted by molar-refractivity contribution is 0.209. The van der Waals surface area contributed by atoms with Crippen LogP contribution in [0, 0.1) is 0 Å². The molecule has 2 rings (SSSR count). The molecule has 0 atom stereocenters. The van der Waals surface area contributed by atoms with Crippen LogP contribution in [-0.2, 0) is 0 Å². The van der Waals surface area contributed by atoms with E-state index in [2.05, 4.69) is 15.3 Å². The molecule has 2 aromatic rings. The van der Waals surface area contributed by atoms with Gasteiger partial charge in [0, 0.05) is 5.56 Å². The van der Waals surface area contributed by atoms with Crippen molar-refractivity contribution in [1.29, 1.82) is 0 Å². The maximum Gasteiger partial charge on any atom is 0.409 e. The smallest absolute Gasteiger partial charge is 0.409 e. The number of nitrogens with one attached hydrogen (secondary N) is 1. The topological polar surface area (TPSA) is 75.1 Å². The van der Waals surface area contributed by atoms with Gasteiger partial charge in [-0.05, 0) is 0 Å². The van der Waals surface area contributed by atoms with Crippen LogP contribution in [-0.4, -0.2) is 21.2 Å². The molecule has 0 aliphatic rings. The lowest BCUT2D eigenvalue weighted by Gasteiger charge is -2.01. The van der Waals surface area contributed by atoms with Crippen molar-refractivity contribution in [3.05, 3.63) is 42.7 Å². The number of rotatable bonds is 2. The molecule has 0 unspecified atom stereocenters. The summed E-state index contributed by atoms with van der Waals surface area (Å²) < 4.78 is 0. The van der Waals surface area contributed by atoms with Crippen molar-refractivity contribution < 1.29 is 9.90 Å². The highest BCUT2D eigenvalue weighted by atomic mass is 16.4. The number of hydrogen-bond acceptors (Lipinski definition) is 3. The van der Waals surface area contributed by atoms with E-state index in [0.29, 0.717) is 11.5 Å². The highest BCUT2D eigenvalue weighted by Crippen LogP contribution is 2.14. The Morgan fingerprint density at radius 2 is 1.75 bits per heavy atom. The average Bonchev–Trinajstić information content (AvgIpc) is 2.30. The first-order chi connectivity index (χ1) is 7.75. The summed E-state index contributed by atoms with van der Waals surface area (Å²) in [6, 6.07) is 9.47. The second-order valence-corrected chi connectivity index (χ2v) is 3.09. The van der Waals surface area contributed by atoms with Gasteiger partial charge in [0.1, 0.15) is 0 Å². The third-order valence-electron chi connectivity index (χ3n) is 1.94. The van der Waals surface area contributed by atoms with E-state index in [-0.39, 0.29) is 0 Å². The summed E-state index contributed by atoms with van der Waals surface area (Å²) in [6.07, 6.45) is 1.74. The van der Waals surface area contributed by atoms with Crippen molar-refractivity contribution in [3.8, 4) is 11.4 Å². The summed E-state index contributed by atoms with van der Waals surface area (Å²) >= 11 is 0. The highest BCUT2D eigenvalue weighted by Gasteiger charge is 2.01. The first-order valence-corrected chi connectivity index (χ1v) is 4.63. The number of hydrogen-bond donors (Lipinski definition) is 2. The molecule has 1 amide bonds. The highest BCUT2D eigenvalue weighted by molar-refractivity contribution is 5.82. The minimum Gasteiger partial charge on any atom is -0.465 e. The van der Waals surface area contributed by atoms with Crippen LogP contribution in [0.25, 0.3) is 11.4 Å². The summed E-state index contributed by atoms with van der Waals surface area (Å²) in [6.45, 7) is 0. The van der Waals surface area contributed by atoms with Crippen LogP contribution >= 0.6 is 0 Å². The molecule has 0 aliphatic carbocycles. The van der Waals surface area contributed by atoms with Gasteiger partial charge < -0.3 is 5.11 Å². The molecule has 2 N–H and O–H groups in total. The van der Waals surface area contributed by atoms with Gasteiger partial charge >= 0.3 is 6.09 Å². The maximum atomic E-state index is 10.4. The lowest BCUT2D eigenvalue weighted by Crippen LogP contribution is -2.07. The van der Waals surface area contributed by atoms with Crippen LogP contribution in [0.15, 0.2) is 42.7 Å². The van der Waals surface area contributed by atoms with Crippen molar-refractivity contribution in [1.82, 2.24) is 9.97 Å². The van der Waals surface area contributed by atoms with Gasteiger partial charge in [0.15, 0.2) is 5.82 Å². The number of carbonyl (C=O) groups is 1. The van der Waals surface area contributed by atoms with Crippen LogP contribution in [0.3, 0.4) is 0 Å². The zero-order valence-electron chi connectivity index (χ0n) is 8.29. The van der Waals surface area contributed by atoms with E-state index in [1.807, 2.05) is 30.3 Å². The Morgan fingerprint density at radius 3 is 2.31 bits per heavy atom. The van der Waals surface area contributed by atoms with Gasteiger partial charge in [-0.25, -0.2) is 14.8 Å². The van der Waals surface area contributed by atoms with Gasteiger partial charge in [0.2, 0.25) is 0 Å². The quantitative estimate of drug-likeness (QED) is 0.805. The van der Waals surface area contributed by atoms with Gasteiger partial charge in [0.25, 0.3) is 0 Å². The van der Waals surface area contributed by atoms with Gasteiger partial charge in [-0.1, -0.05) is 30.3 Å². The van der Waals surface area contributed by atoms with Gasteiger partial charge in [-0.15, -0.1) is 0 Å². The summed E-state index contributed by atoms with van der Waals surface area (Å²) in [7, 11) is 0. The van der Waals surface area contributed by atoms with Crippen molar-refractivity contribution in [2.75, 3.05) is 5.32 Å². The second kappa shape index (κ2) is 4.39. The Hall–Kier alpha value is -2.43. The summed E-state index contributed by atoms with van der Waals surface area (Å²) in [4.78, 5) is 18.5. The predicted octanol–water partition coefficient (Wildman–Crippen LogP) is 2.23. The fourth-order valence-electron chi connectivity index (χ4n) is 1.25. The number of nitrogens with zero attached hydrogens (tertiary/aromatic N) is 2. The third kappa shape index (κ3) is 2.33. The Balaban J connectivity index is 2.23. The van der Waals surface area contributed by atoms with E-state index >= 15 is 0 Å². The van der Waals surface area contributed by atoms with Crippen molar-refractivity contribution in [3.63, 3.8) is 0 Å². The number of benzene rings is 1. The van der Waals surface area contributed by atoms with E-state index in [0.717, 1.165) is 5.56 Å². The molecule has 16 heavy (non-hydrogen) atoms. The van der Waals surface area contributed by atoms with E-state index in [1.54, 1.807) is 0 Å². The summed E-state index contributed by atoms with van der Waals surface area (Å²) in [5.74, 6) is 0.566. The Bertz CT molecular complexity index is 482. The molecule has 5 heteroatoms. The minimum atomic E-state index is -1.13. The minimum absolute atomic E-state index is 0.354. The van der Waals surface area contributed by atoms with Crippen molar-refractivity contribution >= 4 is 11.8 Å². The molecule has 0 bridgehead atoms. The van der Waals surface area contributed by atoms with Crippen LogP contribution in [0.2, 0.25) is 0 Å². The third-order valence-corrected chi connectivity index (χ3v) is 1.94. The van der Waals surface area contributed by atoms with E-state index in [9.17, 15) is 4.79 Å². The molecule has 0 spiro atoms. The van der Waals surface area contributed by atoms with E-state index in [1.165, 1.54) is 12.4 Å². The zero-order valence-corrected chi connectivity index (χ0v) is 8.29. The lowest BCUT2D eigenvalue weighted by atomic mass is 10.2. The number of anilines is 1. The van der Waals surface area contributed by atoms with Crippen LogP contribution < -0.4 is 5.32 Å². The second-order valence-electron chi connectivity index (χ2n) is 3.09. The monoisotopic (exact) mass is 215 g/mol. The number of aromatic nitrogens is 2.